The normalized spacial score (nSPS) is 10.2. The molecule has 0 amide bonds. The molecule has 0 aliphatic rings. The Hall–Kier alpha value is -1.82. The minimum absolute atomic E-state index is 0.232. The lowest BCUT2D eigenvalue weighted by Gasteiger charge is -2.09. The fourth-order valence-electron chi connectivity index (χ4n) is 1.48. The predicted molar refractivity (Wildman–Crippen MR) is 78.2 cm³/mol. The van der Waals surface area contributed by atoms with Crippen LogP contribution in [0.1, 0.15) is 5.56 Å². The number of benzene rings is 1. The molecule has 0 aliphatic carbocycles. The van der Waals surface area contributed by atoms with Gasteiger partial charge in [0.15, 0.2) is 0 Å². The monoisotopic (exact) mass is 307 g/mol. The molecule has 1 aromatic heterocycles. The van der Waals surface area contributed by atoms with Gasteiger partial charge in [0, 0.05) is 23.3 Å². The number of halogens is 1. The fraction of sp³-hybridized carbons (Fsp3) is 0.167. The molecule has 0 fully saturated rings. The number of hydrogen-bond donors (Lipinski definition) is 3. The van der Waals surface area contributed by atoms with Crippen LogP contribution < -0.4 is 16.4 Å². The first-order valence-corrected chi connectivity index (χ1v) is 6.23. The van der Waals surface area contributed by atoms with Gasteiger partial charge in [-0.1, -0.05) is 22.0 Å². The Morgan fingerprint density at radius 3 is 2.56 bits per heavy atom. The van der Waals surface area contributed by atoms with Crippen LogP contribution in [-0.4, -0.2) is 17.0 Å². The molecule has 94 valence electrons. The molecule has 1 heterocycles. The number of anilines is 4. The van der Waals surface area contributed by atoms with E-state index in [1.165, 1.54) is 5.56 Å². The van der Waals surface area contributed by atoms with Crippen molar-refractivity contribution < 1.29 is 0 Å². The van der Waals surface area contributed by atoms with Crippen molar-refractivity contribution in [2.45, 2.75) is 6.92 Å². The Balaban J connectivity index is 2.27. The van der Waals surface area contributed by atoms with Gasteiger partial charge in [-0.15, -0.1) is 0 Å². The Kier molecular flexibility index (Phi) is 3.66. The SMILES string of the molecule is CNc1cc(Nc2ccc(C)c(Br)c2)nc(N)n1. The maximum atomic E-state index is 5.63. The van der Waals surface area contributed by atoms with Gasteiger partial charge in [0.05, 0.1) is 0 Å². The van der Waals surface area contributed by atoms with Crippen molar-refractivity contribution in [2.75, 3.05) is 23.4 Å². The molecule has 0 unspecified atom stereocenters. The fourth-order valence-corrected chi connectivity index (χ4v) is 1.86. The van der Waals surface area contributed by atoms with Gasteiger partial charge in [0.2, 0.25) is 5.95 Å². The number of nitrogens with zero attached hydrogens (tertiary/aromatic N) is 2. The van der Waals surface area contributed by atoms with E-state index in [2.05, 4.69) is 36.5 Å². The summed E-state index contributed by atoms with van der Waals surface area (Å²) in [5.41, 5.74) is 7.75. The third-order valence-corrected chi connectivity index (χ3v) is 3.30. The third-order valence-electron chi connectivity index (χ3n) is 2.44. The van der Waals surface area contributed by atoms with Crippen molar-refractivity contribution in [3.8, 4) is 0 Å². The van der Waals surface area contributed by atoms with Gasteiger partial charge in [0.1, 0.15) is 11.6 Å². The number of aryl methyl sites for hydroxylation is 1. The molecular formula is C12H14BrN5. The summed E-state index contributed by atoms with van der Waals surface area (Å²) in [6.45, 7) is 2.04. The lowest BCUT2D eigenvalue weighted by Crippen LogP contribution is -2.03. The van der Waals surface area contributed by atoms with Crippen LogP contribution in [0, 0.1) is 6.92 Å². The quantitative estimate of drug-likeness (QED) is 0.813. The van der Waals surface area contributed by atoms with Crippen molar-refractivity contribution in [1.82, 2.24) is 9.97 Å². The Labute approximate surface area is 114 Å². The van der Waals surface area contributed by atoms with Crippen molar-refractivity contribution >= 4 is 39.2 Å². The zero-order chi connectivity index (χ0) is 13.1. The van der Waals surface area contributed by atoms with Gasteiger partial charge in [-0.2, -0.15) is 9.97 Å². The standard InChI is InChI=1S/C12H14BrN5/c1-7-3-4-8(5-9(7)13)16-11-6-10(15-2)17-12(14)18-11/h3-6H,1-2H3,(H4,14,15,16,17,18). The highest BCUT2D eigenvalue weighted by Gasteiger charge is 2.03. The van der Waals surface area contributed by atoms with Crippen molar-refractivity contribution in [2.24, 2.45) is 0 Å². The minimum Gasteiger partial charge on any atom is -0.373 e. The van der Waals surface area contributed by atoms with E-state index in [0.717, 1.165) is 10.2 Å². The zero-order valence-electron chi connectivity index (χ0n) is 10.2. The van der Waals surface area contributed by atoms with E-state index < -0.39 is 0 Å². The zero-order valence-corrected chi connectivity index (χ0v) is 11.7. The van der Waals surface area contributed by atoms with E-state index in [-0.39, 0.29) is 5.95 Å². The molecule has 18 heavy (non-hydrogen) atoms. The summed E-state index contributed by atoms with van der Waals surface area (Å²) in [6, 6.07) is 7.80. The molecule has 1 aromatic carbocycles. The van der Waals surface area contributed by atoms with Crippen LogP contribution in [-0.2, 0) is 0 Å². The van der Waals surface area contributed by atoms with Gasteiger partial charge in [-0.05, 0) is 24.6 Å². The molecular weight excluding hydrogens is 294 g/mol. The van der Waals surface area contributed by atoms with Crippen LogP contribution in [0.3, 0.4) is 0 Å². The van der Waals surface area contributed by atoms with Crippen LogP contribution >= 0.6 is 15.9 Å². The molecule has 0 radical (unpaired) electrons. The van der Waals surface area contributed by atoms with Gasteiger partial charge < -0.3 is 16.4 Å². The Morgan fingerprint density at radius 1 is 1.17 bits per heavy atom. The maximum absolute atomic E-state index is 5.63. The van der Waals surface area contributed by atoms with E-state index in [4.69, 9.17) is 5.73 Å². The van der Waals surface area contributed by atoms with Gasteiger partial charge >= 0.3 is 0 Å². The van der Waals surface area contributed by atoms with E-state index in [1.54, 1.807) is 13.1 Å². The van der Waals surface area contributed by atoms with E-state index >= 15 is 0 Å². The Bertz CT molecular complexity index is 570. The maximum Gasteiger partial charge on any atom is 0.223 e. The molecule has 0 saturated heterocycles. The molecule has 2 aromatic rings. The van der Waals surface area contributed by atoms with Crippen LogP contribution in [0.2, 0.25) is 0 Å². The summed E-state index contributed by atoms with van der Waals surface area (Å²) >= 11 is 3.49. The number of hydrogen-bond acceptors (Lipinski definition) is 5. The highest BCUT2D eigenvalue weighted by molar-refractivity contribution is 9.10. The van der Waals surface area contributed by atoms with Crippen LogP contribution in [0.5, 0.6) is 0 Å². The van der Waals surface area contributed by atoms with Crippen molar-refractivity contribution in [3.05, 3.63) is 34.3 Å². The second kappa shape index (κ2) is 5.22. The summed E-state index contributed by atoms with van der Waals surface area (Å²) in [4.78, 5) is 8.16. The second-order valence-electron chi connectivity index (χ2n) is 3.84. The van der Waals surface area contributed by atoms with E-state index in [9.17, 15) is 0 Å². The van der Waals surface area contributed by atoms with Crippen molar-refractivity contribution in [1.29, 1.82) is 0 Å². The average molecular weight is 308 g/mol. The smallest absolute Gasteiger partial charge is 0.223 e. The average Bonchev–Trinajstić information content (AvgIpc) is 2.33. The number of nitrogen functional groups attached to an aromatic ring is 1. The second-order valence-corrected chi connectivity index (χ2v) is 4.69. The molecule has 0 saturated carbocycles. The highest BCUT2D eigenvalue weighted by atomic mass is 79.9. The third kappa shape index (κ3) is 2.89. The van der Waals surface area contributed by atoms with E-state index in [0.29, 0.717) is 11.6 Å². The lowest BCUT2D eigenvalue weighted by atomic mass is 10.2. The van der Waals surface area contributed by atoms with Crippen LogP contribution in [0.4, 0.5) is 23.3 Å². The summed E-state index contributed by atoms with van der Waals surface area (Å²) in [6.07, 6.45) is 0. The predicted octanol–water partition coefficient (Wildman–Crippen LogP) is 2.92. The molecule has 0 aliphatic heterocycles. The van der Waals surface area contributed by atoms with Gasteiger partial charge in [0.25, 0.3) is 0 Å². The number of rotatable bonds is 3. The first-order valence-electron chi connectivity index (χ1n) is 5.44. The summed E-state index contributed by atoms with van der Waals surface area (Å²) in [5.74, 6) is 1.56. The van der Waals surface area contributed by atoms with Gasteiger partial charge in [-0.3, -0.25) is 0 Å². The minimum atomic E-state index is 0.232. The molecule has 2 rings (SSSR count). The van der Waals surface area contributed by atoms with E-state index in [1.807, 2.05) is 25.1 Å². The van der Waals surface area contributed by atoms with Crippen molar-refractivity contribution in [3.63, 3.8) is 0 Å². The molecule has 6 heteroatoms. The first kappa shape index (κ1) is 12.6. The Morgan fingerprint density at radius 2 is 1.89 bits per heavy atom. The molecule has 0 spiro atoms. The summed E-state index contributed by atoms with van der Waals surface area (Å²) in [7, 11) is 1.79. The molecule has 0 bridgehead atoms. The van der Waals surface area contributed by atoms with Crippen LogP contribution in [0.25, 0.3) is 0 Å². The number of aromatic nitrogens is 2. The largest absolute Gasteiger partial charge is 0.373 e. The molecule has 0 atom stereocenters. The van der Waals surface area contributed by atoms with Gasteiger partial charge in [-0.25, -0.2) is 0 Å². The lowest BCUT2D eigenvalue weighted by molar-refractivity contribution is 1.17. The topological polar surface area (TPSA) is 75.9 Å². The molecule has 5 nitrogen and oxygen atoms in total. The first-order chi connectivity index (χ1) is 8.58. The highest BCUT2D eigenvalue weighted by Crippen LogP contribution is 2.23. The molecule has 4 N–H and O–H groups in total. The summed E-state index contributed by atoms with van der Waals surface area (Å²) in [5, 5.41) is 6.12. The number of nitrogens with one attached hydrogen (secondary N) is 2. The number of nitrogens with two attached hydrogens (primary N) is 1. The van der Waals surface area contributed by atoms with Crippen LogP contribution in [0.15, 0.2) is 28.7 Å². The summed E-state index contributed by atoms with van der Waals surface area (Å²) < 4.78 is 1.04.